The van der Waals surface area contributed by atoms with Crippen molar-refractivity contribution in [3.63, 3.8) is 0 Å². The van der Waals surface area contributed by atoms with Gasteiger partial charge in [0.05, 0.1) is 12.2 Å². The van der Waals surface area contributed by atoms with E-state index in [2.05, 4.69) is 44.6 Å². The molecule has 0 unspecified atom stereocenters. The molecule has 2 aliphatic rings. The lowest BCUT2D eigenvalue weighted by Gasteiger charge is -2.44. The van der Waals surface area contributed by atoms with E-state index in [9.17, 15) is 4.79 Å². The van der Waals surface area contributed by atoms with E-state index in [1.807, 2.05) is 24.9 Å². The molecular formula is C24H31N5O2. The highest BCUT2D eigenvalue weighted by Gasteiger charge is 2.41. The average molecular weight is 422 g/mol. The van der Waals surface area contributed by atoms with E-state index in [1.54, 1.807) is 0 Å². The molecule has 4 heterocycles. The predicted molar refractivity (Wildman–Crippen MR) is 120 cm³/mol. The van der Waals surface area contributed by atoms with Crippen molar-refractivity contribution >= 4 is 16.8 Å². The molecular weight excluding hydrogens is 390 g/mol. The number of hydrogen-bond acceptors (Lipinski definition) is 4. The Kier molecular flexibility index (Phi) is 5.32. The molecule has 0 bridgehead atoms. The van der Waals surface area contributed by atoms with Gasteiger partial charge in [0.15, 0.2) is 5.69 Å². The second-order valence-electron chi connectivity index (χ2n) is 8.93. The molecule has 1 aromatic carbocycles. The second kappa shape index (κ2) is 8.13. The van der Waals surface area contributed by atoms with Crippen molar-refractivity contribution in [2.24, 2.45) is 7.05 Å². The zero-order chi connectivity index (χ0) is 21.4. The number of aryl methyl sites for hydroxylation is 1. The molecule has 3 aromatic rings. The Hall–Kier alpha value is -2.64. The van der Waals surface area contributed by atoms with Crippen LogP contribution in [0, 0.1) is 0 Å². The maximum Gasteiger partial charge on any atom is 0.272 e. The zero-order valence-electron chi connectivity index (χ0n) is 18.4. The smallest absolute Gasteiger partial charge is 0.272 e. The van der Waals surface area contributed by atoms with Crippen molar-refractivity contribution in [2.75, 3.05) is 19.6 Å². The van der Waals surface area contributed by atoms with Crippen molar-refractivity contribution in [1.82, 2.24) is 25.0 Å². The van der Waals surface area contributed by atoms with Gasteiger partial charge in [-0.05, 0) is 37.0 Å². The summed E-state index contributed by atoms with van der Waals surface area (Å²) >= 11 is 0. The van der Waals surface area contributed by atoms with Crippen LogP contribution in [0.2, 0.25) is 0 Å². The van der Waals surface area contributed by atoms with Crippen molar-refractivity contribution in [3.05, 3.63) is 53.0 Å². The van der Waals surface area contributed by atoms with Gasteiger partial charge in [-0.2, -0.15) is 5.10 Å². The van der Waals surface area contributed by atoms with Crippen molar-refractivity contribution < 1.29 is 9.53 Å². The Labute approximate surface area is 182 Å². The van der Waals surface area contributed by atoms with Crippen LogP contribution in [0.4, 0.5) is 0 Å². The molecule has 0 saturated carbocycles. The van der Waals surface area contributed by atoms with E-state index in [1.165, 1.54) is 16.5 Å². The lowest BCUT2D eigenvalue weighted by atomic mass is 9.83. The van der Waals surface area contributed by atoms with Gasteiger partial charge >= 0.3 is 0 Å². The van der Waals surface area contributed by atoms with Crippen LogP contribution in [0.15, 0.2) is 30.5 Å². The first-order valence-electron chi connectivity index (χ1n) is 11.3. The summed E-state index contributed by atoms with van der Waals surface area (Å²) in [6.07, 6.45) is 5.75. The third-order valence-electron chi connectivity index (χ3n) is 6.88. The third kappa shape index (κ3) is 3.77. The van der Waals surface area contributed by atoms with E-state index in [0.29, 0.717) is 18.8 Å². The monoisotopic (exact) mass is 421 g/mol. The molecule has 7 nitrogen and oxygen atoms in total. The van der Waals surface area contributed by atoms with Gasteiger partial charge in [-0.15, -0.1) is 0 Å². The summed E-state index contributed by atoms with van der Waals surface area (Å²) in [7, 11) is 1.95. The highest BCUT2D eigenvalue weighted by atomic mass is 16.5. The quantitative estimate of drug-likeness (QED) is 0.664. The SMILES string of the molecule is CCCNC(=O)c1nn(C)c2c1COC1(CCN(Cc3cccc4[nH]ccc34)CC1)C2. The number of benzene rings is 1. The lowest BCUT2D eigenvalue weighted by molar-refractivity contribution is -0.104. The number of carbonyl (C=O) groups excluding carboxylic acids is 1. The zero-order valence-corrected chi connectivity index (χ0v) is 18.4. The summed E-state index contributed by atoms with van der Waals surface area (Å²) in [5.74, 6) is -0.0907. The van der Waals surface area contributed by atoms with Crippen molar-refractivity contribution in [1.29, 1.82) is 0 Å². The van der Waals surface area contributed by atoms with Gasteiger partial charge in [0, 0.05) is 68.0 Å². The Bertz CT molecular complexity index is 1090. The van der Waals surface area contributed by atoms with Gasteiger partial charge in [-0.25, -0.2) is 0 Å². The summed E-state index contributed by atoms with van der Waals surface area (Å²) in [4.78, 5) is 18.3. The Morgan fingerprint density at radius 3 is 2.94 bits per heavy atom. The molecule has 5 rings (SSSR count). The van der Waals surface area contributed by atoms with Gasteiger partial charge in [-0.1, -0.05) is 19.1 Å². The molecule has 1 fully saturated rings. The highest BCUT2D eigenvalue weighted by Crippen LogP contribution is 2.37. The van der Waals surface area contributed by atoms with E-state index >= 15 is 0 Å². The first-order chi connectivity index (χ1) is 15.1. The Balaban J connectivity index is 1.26. The number of fused-ring (bicyclic) bond motifs is 2. The molecule has 1 amide bonds. The summed E-state index contributed by atoms with van der Waals surface area (Å²) in [6.45, 7) is 6.17. The minimum Gasteiger partial charge on any atom is -0.370 e. The first kappa shape index (κ1) is 20.3. The third-order valence-corrected chi connectivity index (χ3v) is 6.88. The van der Waals surface area contributed by atoms with E-state index in [4.69, 9.17) is 4.74 Å². The minimum atomic E-state index is -0.144. The first-order valence-corrected chi connectivity index (χ1v) is 11.3. The summed E-state index contributed by atoms with van der Waals surface area (Å²) in [5, 5.41) is 8.78. The summed E-state index contributed by atoms with van der Waals surface area (Å²) in [6, 6.07) is 8.65. The number of hydrogen-bond donors (Lipinski definition) is 2. The fourth-order valence-electron chi connectivity index (χ4n) is 5.03. The topological polar surface area (TPSA) is 75.2 Å². The molecule has 164 valence electrons. The maximum atomic E-state index is 12.5. The normalized spacial score (nSPS) is 18.4. The van der Waals surface area contributed by atoms with Crippen LogP contribution in [0.25, 0.3) is 10.9 Å². The van der Waals surface area contributed by atoms with Gasteiger partial charge in [0.1, 0.15) is 0 Å². The van der Waals surface area contributed by atoms with Gasteiger partial charge in [0.2, 0.25) is 0 Å². The van der Waals surface area contributed by atoms with Gasteiger partial charge in [0.25, 0.3) is 5.91 Å². The van der Waals surface area contributed by atoms with Crippen LogP contribution in [-0.2, 0) is 31.4 Å². The Morgan fingerprint density at radius 1 is 1.29 bits per heavy atom. The van der Waals surface area contributed by atoms with E-state index in [0.717, 1.165) is 56.6 Å². The molecule has 0 aliphatic carbocycles. The number of nitrogens with zero attached hydrogens (tertiary/aromatic N) is 3. The van der Waals surface area contributed by atoms with Crippen molar-refractivity contribution in [3.8, 4) is 0 Å². The molecule has 0 radical (unpaired) electrons. The van der Waals surface area contributed by atoms with Gasteiger partial charge in [-0.3, -0.25) is 14.4 Å². The van der Waals surface area contributed by atoms with Crippen LogP contribution in [0.5, 0.6) is 0 Å². The number of H-pyrrole nitrogens is 1. The maximum absolute atomic E-state index is 12.5. The number of carbonyl (C=O) groups is 1. The fraction of sp³-hybridized carbons (Fsp3) is 0.500. The number of likely N-dealkylation sites (tertiary alicyclic amines) is 1. The number of amides is 1. The average Bonchev–Trinajstić information content (AvgIpc) is 3.39. The number of rotatable bonds is 5. The molecule has 2 N–H and O–H groups in total. The molecule has 2 aromatic heterocycles. The molecule has 1 spiro atoms. The molecule has 2 aliphatic heterocycles. The van der Waals surface area contributed by atoms with Crippen LogP contribution in [0.3, 0.4) is 0 Å². The minimum absolute atomic E-state index is 0.0907. The van der Waals surface area contributed by atoms with Crippen LogP contribution < -0.4 is 5.32 Å². The predicted octanol–water partition coefficient (Wildman–Crippen LogP) is 3.15. The fourth-order valence-corrected chi connectivity index (χ4v) is 5.03. The molecule has 0 atom stereocenters. The lowest BCUT2D eigenvalue weighted by Crippen LogP contribution is -2.49. The number of piperidine rings is 1. The van der Waals surface area contributed by atoms with Crippen molar-refractivity contribution in [2.45, 2.75) is 51.4 Å². The molecule has 7 heteroatoms. The number of ether oxygens (including phenoxy) is 1. The standard InChI is InChI=1S/C24H31N5O2/c1-3-10-26-23(30)22-19-16-31-24(14-21(19)28(2)27-22)8-12-29(13-9-24)15-17-5-4-6-20-18(17)7-11-25-20/h4-7,11,25H,3,8-10,12-16H2,1-2H3,(H,26,30). The van der Waals surface area contributed by atoms with Crippen LogP contribution in [0.1, 0.15) is 53.5 Å². The molecule has 1 saturated heterocycles. The summed E-state index contributed by atoms with van der Waals surface area (Å²) in [5.41, 5.74) is 5.06. The van der Waals surface area contributed by atoms with Crippen LogP contribution >= 0.6 is 0 Å². The van der Waals surface area contributed by atoms with E-state index in [-0.39, 0.29) is 11.5 Å². The molecule has 31 heavy (non-hydrogen) atoms. The highest BCUT2D eigenvalue weighted by molar-refractivity contribution is 5.94. The largest absolute Gasteiger partial charge is 0.370 e. The van der Waals surface area contributed by atoms with E-state index < -0.39 is 0 Å². The van der Waals surface area contributed by atoms with Gasteiger partial charge < -0.3 is 15.0 Å². The van der Waals surface area contributed by atoms with Crippen LogP contribution in [-0.4, -0.2) is 50.8 Å². The Morgan fingerprint density at radius 2 is 2.13 bits per heavy atom. The number of nitrogens with one attached hydrogen (secondary N) is 2. The summed E-state index contributed by atoms with van der Waals surface area (Å²) < 4.78 is 8.32. The number of aromatic amines is 1. The second-order valence-corrected chi connectivity index (χ2v) is 8.93. The number of aromatic nitrogens is 3.